The first-order valence-electron chi connectivity index (χ1n) is 14.6. The standard InChI is InChI=1S/C31H39ClN6O6/c1-36(2)8-5-6-27(39)37-17-23(18-37)44-11-9-38-29-21(16-34-31(35-29)33-15-20-7-10-43-19-20)12-25(30(38)40)24-13-22(41-3)14-26(42-4)28(24)32/h5-6,12-14,16,20,23H,7-11,15,17-19H2,1-4H3,(H,33,34,35)/b6-5+. The number of benzene rings is 1. The summed E-state index contributed by atoms with van der Waals surface area (Å²) in [7, 11) is 6.95. The van der Waals surface area contributed by atoms with Crippen molar-refractivity contribution in [1.82, 2.24) is 24.3 Å². The summed E-state index contributed by atoms with van der Waals surface area (Å²) in [4.78, 5) is 39.4. The second-order valence-electron chi connectivity index (χ2n) is 11.2. The van der Waals surface area contributed by atoms with Crippen LogP contribution in [0.5, 0.6) is 11.5 Å². The van der Waals surface area contributed by atoms with Crippen molar-refractivity contribution in [3.8, 4) is 22.6 Å². The maximum atomic E-state index is 14.1. The van der Waals surface area contributed by atoms with Gasteiger partial charge in [-0.1, -0.05) is 17.7 Å². The normalized spacial score (nSPS) is 17.0. The number of amides is 1. The molecule has 0 aliphatic carbocycles. The highest BCUT2D eigenvalue weighted by Gasteiger charge is 2.30. The Morgan fingerprint density at radius 1 is 1.20 bits per heavy atom. The summed E-state index contributed by atoms with van der Waals surface area (Å²) in [5.41, 5.74) is 1.02. The van der Waals surface area contributed by atoms with Crippen molar-refractivity contribution in [3.05, 3.63) is 51.9 Å². The summed E-state index contributed by atoms with van der Waals surface area (Å²) < 4.78 is 24.0. The molecule has 5 rings (SSSR count). The number of likely N-dealkylation sites (tertiary alicyclic amines) is 1. The van der Waals surface area contributed by atoms with Crippen LogP contribution >= 0.6 is 11.6 Å². The minimum atomic E-state index is -0.288. The number of aromatic nitrogens is 3. The Morgan fingerprint density at radius 3 is 2.73 bits per heavy atom. The molecule has 2 fully saturated rings. The fourth-order valence-corrected chi connectivity index (χ4v) is 5.45. The van der Waals surface area contributed by atoms with Crippen LogP contribution in [0, 0.1) is 5.92 Å². The molecule has 2 aliphatic rings. The number of anilines is 1. The quantitative estimate of drug-likeness (QED) is 0.284. The summed E-state index contributed by atoms with van der Waals surface area (Å²) in [5.74, 6) is 1.68. The van der Waals surface area contributed by atoms with Gasteiger partial charge in [-0.25, -0.2) is 4.98 Å². The molecule has 236 valence electrons. The summed E-state index contributed by atoms with van der Waals surface area (Å²) >= 11 is 6.69. The van der Waals surface area contributed by atoms with Gasteiger partial charge in [-0.15, -0.1) is 0 Å². The van der Waals surface area contributed by atoms with E-state index in [1.807, 2.05) is 25.1 Å². The van der Waals surface area contributed by atoms with Crippen LogP contribution in [0.2, 0.25) is 5.02 Å². The van der Waals surface area contributed by atoms with Gasteiger partial charge in [0.05, 0.1) is 45.1 Å². The zero-order valence-corrected chi connectivity index (χ0v) is 26.3. The fourth-order valence-electron chi connectivity index (χ4n) is 5.16. The monoisotopic (exact) mass is 626 g/mol. The number of fused-ring (bicyclic) bond motifs is 1. The number of rotatable bonds is 13. The zero-order valence-electron chi connectivity index (χ0n) is 25.5. The molecule has 1 atom stereocenters. The number of carbonyl (C=O) groups excluding carboxylic acids is 1. The molecule has 4 heterocycles. The molecule has 1 aromatic carbocycles. The molecule has 12 nitrogen and oxygen atoms in total. The Kier molecular flexibility index (Phi) is 10.4. The Labute approximate surface area is 261 Å². The maximum Gasteiger partial charge on any atom is 0.260 e. The molecule has 1 N–H and O–H groups in total. The summed E-state index contributed by atoms with van der Waals surface area (Å²) in [5, 5.41) is 4.25. The van der Waals surface area contributed by atoms with Gasteiger partial charge >= 0.3 is 0 Å². The molecule has 2 aromatic heterocycles. The first-order chi connectivity index (χ1) is 21.3. The van der Waals surface area contributed by atoms with E-state index in [0.717, 1.165) is 13.0 Å². The number of likely N-dealkylation sites (N-methyl/N-ethyl adjacent to an activating group) is 1. The van der Waals surface area contributed by atoms with Crippen molar-refractivity contribution in [1.29, 1.82) is 0 Å². The van der Waals surface area contributed by atoms with Crippen LogP contribution in [0.3, 0.4) is 0 Å². The number of methoxy groups -OCH3 is 2. The van der Waals surface area contributed by atoms with E-state index in [4.69, 9.17) is 35.5 Å². The largest absolute Gasteiger partial charge is 0.497 e. The van der Waals surface area contributed by atoms with Crippen molar-refractivity contribution < 1.29 is 23.7 Å². The number of hydrogen-bond acceptors (Lipinski definition) is 10. The molecule has 2 aliphatic heterocycles. The van der Waals surface area contributed by atoms with E-state index in [1.165, 1.54) is 14.2 Å². The predicted molar refractivity (Wildman–Crippen MR) is 169 cm³/mol. The van der Waals surface area contributed by atoms with E-state index < -0.39 is 0 Å². The predicted octanol–water partition coefficient (Wildman–Crippen LogP) is 2.92. The number of hydrogen-bond donors (Lipinski definition) is 1. The van der Waals surface area contributed by atoms with Crippen molar-refractivity contribution >= 4 is 34.5 Å². The number of halogens is 1. The lowest BCUT2D eigenvalue weighted by molar-refractivity contribution is -0.139. The maximum absolute atomic E-state index is 14.1. The minimum absolute atomic E-state index is 0.0342. The van der Waals surface area contributed by atoms with Gasteiger partial charge in [0.15, 0.2) is 0 Å². The zero-order chi connectivity index (χ0) is 31.2. The lowest BCUT2D eigenvalue weighted by atomic mass is 10.0. The van der Waals surface area contributed by atoms with Crippen LogP contribution in [-0.2, 0) is 20.8 Å². The topological polar surface area (TPSA) is 120 Å². The minimum Gasteiger partial charge on any atom is -0.497 e. The van der Waals surface area contributed by atoms with Crippen molar-refractivity contribution in [2.24, 2.45) is 5.92 Å². The summed E-state index contributed by atoms with van der Waals surface area (Å²) in [6.45, 7) is 4.33. The molecule has 0 saturated carbocycles. The van der Waals surface area contributed by atoms with Crippen molar-refractivity contribution in [2.45, 2.75) is 19.1 Å². The van der Waals surface area contributed by atoms with Gasteiger partial charge in [0, 0.05) is 73.6 Å². The number of ether oxygens (including phenoxy) is 4. The third-order valence-electron chi connectivity index (χ3n) is 7.72. The molecule has 1 unspecified atom stereocenters. The smallest absolute Gasteiger partial charge is 0.260 e. The average Bonchev–Trinajstić information content (AvgIpc) is 3.52. The fraction of sp³-hybridized carbons (Fsp3) is 0.484. The van der Waals surface area contributed by atoms with E-state index in [0.29, 0.717) is 83.3 Å². The second kappa shape index (κ2) is 14.4. The van der Waals surface area contributed by atoms with E-state index >= 15 is 0 Å². The van der Waals surface area contributed by atoms with Gasteiger partial charge in [0.25, 0.3) is 5.56 Å². The Balaban J connectivity index is 1.38. The van der Waals surface area contributed by atoms with Crippen LogP contribution in [-0.4, -0.2) is 111 Å². The van der Waals surface area contributed by atoms with Crippen molar-refractivity contribution in [3.63, 3.8) is 0 Å². The van der Waals surface area contributed by atoms with E-state index in [2.05, 4.69) is 10.3 Å². The van der Waals surface area contributed by atoms with E-state index in [1.54, 1.807) is 39.9 Å². The molecular weight excluding hydrogens is 588 g/mol. The Morgan fingerprint density at radius 2 is 2.02 bits per heavy atom. The second-order valence-corrected chi connectivity index (χ2v) is 11.6. The van der Waals surface area contributed by atoms with Crippen LogP contribution in [0.25, 0.3) is 22.2 Å². The van der Waals surface area contributed by atoms with Crippen LogP contribution in [0.4, 0.5) is 5.95 Å². The van der Waals surface area contributed by atoms with E-state index in [9.17, 15) is 9.59 Å². The van der Waals surface area contributed by atoms with E-state index in [-0.39, 0.29) is 30.7 Å². The average molecular weight is 627 g/mol. The first-order valence-corrected chi connectivity index (χ1v) is 15.0. The van der Waals surface area contributed by atoms with Gasteiger partial charge in [-0.2, -0.15) is 4.98 Å². The molecular formula is C31H39ClN6O6. The summed E-state index contributed by atoms with van der Waals surface area (Å²) in [6, 6.07) is 5.12. The highest BCUT2D eigenvalue weighted by atomic mass is 35.5. The van der Waals surface area contributed by atoms with Gasteiger partial charge in [0.1, 0.15) is 17.1 Å². The van der Waals surface area contributed by atoms with Gasteiger partial charge in [-0.3, -0.25) is 14.2 Å². The van der Waals surface area contributed by atoms with Crippen LogP contribution in [0.1, 0.15) is 6.42 Å². The molecule has 44 heavy (non-hydrogen) atoms. The SMILES string of the molecule is COc1cc(OC)c(Cl)c(-c2cc3cnc(NCC4CCOC4)nc3n(CCOC3CN(C(=O)/C=C/CN(C)C)C3)c2=O)c1. The number of carbonyl (C=O) groups is 1. The number of pyridine rings is 1. The van der Waals surface area contributed by atoms with Gasteiger partial charge in [0.2, 0.25) is 11.9 Å². The lowest BCUT2D eigenvalue weighted by Gasteiger charge is -2.38. The molecule has 2 saturated heterocycles. The number of nitrogens with zero attached hydrogens (tertiary/aromatic N) is 5. The van der Waals surface area contributed by atoms with Crippen LogP contribution < -0.4 is 20.3 Å². The first kappa shape index (κ1) is 31.7. The van der Waals surface area contributed by atoms with Crippen LogP contribution in [0.15, 0.2) is 41.3 Å². The van der Waals surface area contributed by atoms with Gasteiger partial charge in [-0.05, 0) is 32.6 Å². The molecule has 0 radical (unpaired) electrons. The third-order valence-corrected chi connectivity index (χ3v) is 8.11. The van der Waals surface area contributed by atoms with Crippen molar-refractivity contribution in [2.75, 3.05) is 79.6 Å². The number of nitrogens with one attached hydrogen (secondary N) is 1. The summed E-state index contributed by atoms with van der Waals surface area (Å²) in [6.07, 6.45) is 6.01. The Bertz CT molecular complexity index is 1570. The molecule has 13 heteroatoms. The lowest BCUT2D eigenvalue weighted by Crippen LogP contribution is -2.54. The molecule has 1 amide bonds. The highest BCUT2D eigenvalue weighted by molar-refractivity contribution is 6.35. The molecule has 0 bridgehead atoms. The molecule has 3 aromatic rings. The van der Waals surface area contributed by atoms with Gasteiger partial charge < -0.3 is 34.1 Å². The highest BCUT2D eigenvalue weighted by Crippen LogP contribution is 2.38. The molecule has 0 spiro atoms. The Hall–Kier alpha value is -3.71. The third kappa shape index (κ3) is 7.32.